The Bertz CT molecular complexity index is 1150. The Hall–Kier alpha value is -3.70. The monoisotopic (exact) mass is 363 g/mol. The van der Waals surface area contributed by atoms with E-state index < -0.39 is 17.6 Å². The molecule has 3 aromatic heterocycles. The summed E-state index contributed by atoms with van der Waals surface area (Å²) in [6, 6.07) is 2.52. The molecule has 1 amide bonds. The Labute approximate surface area is 141 Å². The Morgan fingerprint density at radius 2 is 2.08 bits per heavy atom. The number of carbonyl (C=O) groups is 1. The number of amides is 1. The number of nitrogens with zero attached hydrogens (tertiary/aromatic N) is 4. The highest BCUT2D eigenvalue weighted by Gasteiger charge is 2.31. The summed E-state index contributed by atoms with van der Waals surface area (Å²) in [6.45, 7) is 0. The van der Waals surface area contributed by atoms with Crippen LogP contribution in [0.2, 0.25) is 0 Å². The number of alkyl halides is 3. The SMILES string of the molecule is Nc1ncnc2[nH]nc(C(=O)Nc3nc4cc(C(F)(F)F)ccc4o3)c12. The molecule has 0 aliphatic rings. The van der Waals surface area contributed by atoms with E-state index in [2.05, 4.69) is 30.5 Å². The van der Waals surface area contributed by atoms with Crippen molar-refractivity contribution < 1.29 is 22.4 Å². The first kappa shape index (κ1) is 15.8. The molecule has 12 heteroatoms. The lowest BCUT2D eigenvalue weighted by Crippen LogP contribution is -2.13. The van der Waals surface area contributed by atoms with E-state index in [-0.39, 0.29) is 39.7 Å². The van der Waals surface area contributed by atoms with Crippen LogP contribution in [-0.4, -0.2) is 31.1 Å². The Kier molecular flexibility index (Phi) is 3.29. The van der Waals surface area contributed by atoms with Crippen LogP contribution in [0, 0.1) is 0 Å². The molecular formula is C14H8F3N7O2. The minimum atomic E-state index is -4.51. The summed E-state index contributed by atoms with van der Waals surface area (Å²) in [6.07, 6.45) is -3.31. The van der Waals surface area contributed by atoms with Crippen molar-refractivity contribution in [2.45, 2.75) is 6.18 Å². The summed E-state index contributed by atoms with van der Waals surface area (Å²) in [4.78, 5) is 23.9. The van der Waals surface area contributed by atoms with E-state index in [0.717, 1.165) is 18.2 Å². The summed E-state index contributed by atoms with van der Waals surface area (Å²) >= 11 is 0. The van der Waals surface area contributed by atoms with Gasteiger partial charge in [-0.3, -0.25) is 15.2 Å². The maximum absolute atomic E-state index is 12.7. The van der Waals surface area contributed by atoms with Gasteiger partial charge in [0.25, 0.3) is 5.91 Å². The number of nitrogen functional groups attached to an aromatic ring is 1. The molecule has 0 saturated heterocycles. The lowest BCUT2D eigenvalue weighted by atomic mass is 10.2. The Morgan fingerprint density at radius 1 is 1.27 bits per heavy atom. The third-order valence-electron chi connectivity index (χ3n) is 3.54. The number of hydrogen-bond donors (Lipinski definition) is 3. The molecule has 0 aliphatic heterocycles. The number of H-pyrrole nitrogens is 1. The molecule has 26 heavy (non-hydrogen) atoms. The highest BCUT2D eigenvalue weighted by atomic mass is 19.4. The average molecular weight is 363 g/mol. The standard InChI is InChI=1S/C14H8F3N7O2/c15-14(16,17)5-1-2-7-6(3-5)21-13(26-7)22-12(25)9-8-10(18)19-4-20-11(8)24-23-9/h1-4H,(H,21,22,25)(H3,18,19,20,23,24). The highest BCUT2D eigenvalue weighted by molar-refractivity contribution is 6.12. The highest BCUT2D eigenvalue weighted by Crippen LogP contribution is 2.32. The van der Waals surface area contributed by atoms with Gasteiger partial charge in [-0.15, -0.1) is 0 Å². The predicted octanol–water partition coefficient (Wildman–Crippen LogP) is 2.35. The Morgan fingerprint density at radius 3 is 2.85 bits per heavy atom. The molecule has 4 aromatic rings. The smallest absolute Gasteiger partial charge is 0.416 e. The Balaban J connectivity index is 1.67. The van der Waals surface area contributed by atoms with Gasteiger partial charge in [-0.05, 0) is 18.2 Å². The fraction of sp³-hybridized carbons (Fsp3) is 0.0714. The zero-order chi connectivity index (χ0) is 18.5. The number of oxazole rings is 1. The molecule has 1 aromatic carbocycles. The zero-order valence-electron chi connectivity index (χ0n) is 12.6. The first-order valence-electron chi connectivity index (χ1n) is 7.06. The first-order valence-corrected chi connectivity index (χ1v) is 7.06. The second-order valence-corrected chi connectivity index (χ2v) is 5.21. The van der Waals surface area contributed by atoms with Crippen molar-refractivity contribution in [3.8, 4) is 0 Å². The van der Waals surface area contributed by atoms with Crippen LogP contribution < -0.4 is 11.1 Å². The molecule has 0 spiro atoms. The van der Waals surface area contributed by atoms with E-state index in [1.54, 1.807) is 0 Å². The summed E-state index contributed by atoms with van der Waals surface area (Å²) in [5.41, 5.74) is 5.03. The largest absolute Gasteiger partial charge is 0.423 e. The number of nitrogens with two attached hydrogens (primary N) is 1. The molecule has 0 aliphatic carbocycles. The van der Waals surface area contributed by atoms with Crippen LogP contribution in [-0.2, 0) is 6.18 Å². The summed E-state index contributed by atoms with van der Waals surface area (Å²) in [5.74, 6) is -0.693. The number of aromatic nitrogens is 5. The average Bonchev–Trinajstić information content (AvgIpc) is 3.17. The van der Waals surface area contributed by atoms with Gasteiger partial charge in [0, 0.05) is 0 Å². The first-order chi connectivity index (χ1) is 12.3. The number of benzene rings is 1. The number of nitrogens with one attached hydrogen (secondary N) is 2. The van der Waals surface area contributed by atoms with Crippen molar-refractivity contribution >= 4 is 39.9 Å². The van der Waals surface area contributed by atoms with Crippen molar-refractivity contribution in [2.24, 2.45) is 0 Å². The molecule has 3 heterocycles. The lowest BCUT2D eigenvalue weighted by molar-refractivity contribution is -0.137. The van der Waals surface area contributed by atoms with Crippen molar-refractivity contribution in [3.63, 3.8) is 0 Å². The molecule has 0 unspecified atom stereocenters. The number of rotatable bonds is 2. The van der Waals surface area contributed by atoms with Crippen molar-refractivity contribution in [3.05, 3.63) is 35.8 Å². The third-order valence-corrected chi connectivity index (χ3v) is 3.54. The maximum atomic E-state index is 12.7. The van der Waals surface area contributed by atoms with Gasteiger partial charge in [0.15, 0.2) is 16.9 Å². The van der Waals surface area contributed by atoms with Gasteiger partial charge in [0.2, 0.25) is 0 Å². The van der Waals surface area contributed by atoms with Crippen LogP contribution in [0.5, 0.6) is 0 Å². The summed E-state index contributed by atoms with van der Waals surface area (Å²) < 4.78 is 43.5. The number of carbonyl (C=O) groups excluding carboxylic acids is 1. The normalized spacial score (nSPS) is 12.0. The molecule has 0 bridgehead atoms. The minimum Gasteiger partial charge on any atom is -0.423 e. The second-order valence-electron chi connectivity index (χ2n) is 5.21. The van der Waals surface area contributed by atoms with Crippen molar-refractivity contribution in [1.29, 1.82) is 0 Å². The quantitative estimate of drug-likeness (QED) is 0.497. The fourth-order valence-corrected chi connectivity index (χ4v) is 2.36. The van der Waals surface area contributed by atoms with Gasteiger partial charge in [-0.25, -0.2) is 9.97 Å². The molecule has 0 fully saturated rings. The fourth-order valence-electron chi connectivity index (χ4n) is 2.36. The molecule has 4 rings (SSSR count). The molecule has 0 atom stereocenters. The van der Waals surface area contributed by atoms with Gasteiger partial charge < -0.3 is 10.2 Å². The number of anilines is 2. The van der Waals surface area contributed by atoms with Crippen LogP contribution in [0.1, 0.15) is 16.1 Å². The molecule has 4 N–H and O–H groups in total. The third kappa shape index (κ3) is 2.56. The van der Waals surface area contributed by atoms with Crippen LogP contribution in [0.25, 0.3) is 22.1 Å². The molecule has 132 valence electrons. The van der Waals surface area contributed by atoms with E-state index in [4.69, 9.17) is 10.2 Å². The summed E-state index contributed by atoms with van der Waals surface area (Å²) in [5, 5.41) is 8.87. The van der Waals surface area contributed by atoms with E-state index in [9.17, 15) is 18.0 Å². The van der Waals surface area contributed by atoms with Crippen LogP contribution >= 0.6 is 0 Å². The summed E-state index contributed by atoms with van der Waals surface area (Å²) in [7, 11) is 0. The van der Waals surface area contributed by atoms with E-state index >= 15 is 0 Å². The lowest BCUT2D eigenvalue weighted by Gasteiger charge is -2.04. The number of aromatic amines is 1. The maximum Gasteiger partial charge on any atom is 0.416 e. The zero-order valence-corrected chi connectivity index (χ0v) is 12.6. The molecular weight excluding hydrogens is 355 g/mol. The van der Waals surface area contributed by atoms with Crippen LogP contribution in [0.15, 0.2) is 28.9 Å². The van der Waals surface area contributed by atoms with Crippen molar-refractivity contribution in [2.75, 3.05) is 11.1 Å². The van der Waals surface area contributed by atoms with Gasteiger partial charge in [0.05, 0.1) is 10.9 Å². The molecule has 0 radical (unpaired) electrons. The second kappa shape index (κ2) is 5.40. The van der Waals surface area contributed by atoms with Gasteiger partial charge in [-0.1, -0.05) is 0 Å². The van der Waals surface area contributed by atoms with Crippen LogP contribution in [0.4, 0.5) is 25.0 Å². The van der Waals surface area contributed by atoms with Crippen molar-refractivity contribution in [1.82, 2.24) is 25.1 Å². The number of halogens is 3. The number of fused-ring (bicyclic) bond motifs is 2. The van der Waals surface area contributed by atoms with E-state index in [1.807, 2.05) is 0 Å². The minimum absolute atomic E-state index is 0.0429. The number of hydrogen-bond acceptors (Lipinski definition) is 7. The topological polar surface area (TPSA) is 136 Å². The van der Waals surface area contributed by atoms with E-state index in [1.165, 1.54) is 6.33 Å². The predicted molar refractivity (Wildman–Crippen MR) is 83.1 cm³/mol. The van der Waals surface area contributed by atoms with Gasteiger partial charge in [-0.2, -0.15) is 23.3 Å². The van der Waals surface area contributed by atoms with Crippen LogP contribution in [0.3, 0.4) is 0 Å². The van der Waals surface area contributed by atoms with Gasteiger partial charge in [0.1, 0.15) is 17.7 Å². The molecule has 0 saturated carbocycles. The molecule has 9 nitrogen and oxygen atoms in total. The van der Waals surface area contributed by atoms with Gasteiger partial charge >= 0.3 is 12.2 Å². The van der Waals surface area contributed by atoms with E-state index in [0.29, 0.717) is 0 Å².